The average Bonchev–Trinajstić information content (AvgIpc) is 2.64. The first kappa shape index (κ1) is 13.0. The van der Waals surface area contributed by atoms with Crippen LogP contribution in [0.5, 0.6) is 0 Å². The molecule has 2 heteroatoms. The van der Waals surface area contributed by atoms with Gasteiger partial charge in [-0.2, -0.15) is 0 Å². The zero-order valence-corrected chi connectivity index (χ0v) is 10.5. The van der Waals surface area contributed by atoms with Crippen LogP contribution >= 0.6 is 0 Å². The Balaban J connectivity index is 2.23. The summed E-state index contributed by atoms with van der Waals surface area (Å²) in [6.07, 6.45) is 6.45. The van der Waals surface area contributed by atoms with Gasteiger partial charge in [0.2, 0.25) is 0 Å². The molecule has 1 rings (SSSR count). The molecule has 0 saturated carbocycles. The predicted octanol–water partition coefficient (Wildman–Crippen LogP) is 2.96. The summed E-state index contributed by atoms with van der Waals surface area (Å²) in [5, 5.41) is 0. The van der Waals surface area contributed by atoms with Crippen LogP contribution in [0, 0.1) is 11.8 Å². The minimum absolute atomic E-state index is 0.358. The molecular formula is C13H27NO. The molecule has 2 nitrogen and oxygen atoms in total. The molecule has 1 aliphatic rings. The van der Waals surface area contributed by atoms with Crippen LogP contribution in [0.4, 0.5) is 0 Å². The van der Waals surface area contributed by atoms with Gasteiger partial charge in [-0.25, -0.2) is 0 Å². The highest BCUT2D eigenvalue weighted by Crippen LogP contribution is 2.27. The Morgan fingerprint density at radius 3 is 2.67 bits per heavy atom. The Kier molecular flexibility index (Phi) is 5.62. The van der Waals surface area contributed by atoms with Gasteiger partial charge in [0.25, 0.3) is 0 Å². The van der Waals surface area contributed by atoms with Crippen LogP contribution in [0.25, 0.3) is 0 Å². The largest absolute Gasteiger partial charge is 0.378 e. The fourth-order valence-electron chi connectivity index (χ4n) is 2.55. The molecular weight excluding hydrogens is 186 g/mol. The van der Waals surface area contributed by atoms with Gasteiger partial charge in [0.1, 0.15) is 0 Å². The number of ether oxygens (including phenoxy) is 1. The summed E-state index contributed by atoms with van der Waals surface area (Å²) in [5.41, 5.74) is 6.25. The summed E-state index contributed by atoms with van der Waals surface area (Å²) in [7, 11) is 0. The van der Waals surface area contributed by atoms with Crippen molar-refractivity contribution in [2.75, 3.05) is 6.61 Å². The van der Waals surface area contributed by atoms with E-state index in [1.807, 2.05) is 0 Å². The van der Waals surface area contributed by atoms with Crippen molar-refractivity contribution in [3.05, 3.63) is 0 Å². The number of rotatable bonds is 6. The molecule has 0 radical (unpaired) electrons. The normalized spacial score (nSPS) is 28.6. The van der Waals surface area contributed by atoms with Crippen LogP contribution in [-0.4, -0.2) is 18.8 Å². The summed E-state index contributed by atoms with van der Waals surface area (Å²) in [6.45, 7) is 7.67. The topological polar surface area (TPSA) is 35.2 Å². The van der Waals surface area contributed by atoms with Crippen LogP contribution in [0.2, 0.25) is 0 Å². The van der Waals surface area contributed by atoms with E-state index in [2.05, 4.69) is 20.8 Å². The van der Waals surface area contributed by atoms with Crippen molar-refractivity contribution in [1.29, 1.82) is 0 Å². The molecule has 1 heterocycles. The number of hydrogen-bond acceptors (Lipinski definition) is 2. The van der Waals surface area contributed by atoms with Crippen molar-refractivity contribution in [3.63, 3.8) is 0 Å². The second kappa shape index (κ2) is 6.49. The van der Waals surface area contributed by atoms with Crippen LogP contribution in [0.1, 0.15) is 52.9 Å². The third kappa shape index (κ3) is 4.12. The second-order valence-corrected chi connectivity index (χ2v) is 5.26. The van der Waals surface area contributed by atoms with Gasteiger partial charge in [-0.1, -0.05) is 33.6 Å². The van der Waals surface area contributed by atoms with E-state index in [0.717, 1.165) is 18.9 Å². The quantitative estimate of drug-likeness (QED) is 0.736. The van der Waals surface area contributed by atoms with E-state index < -0.39 is 0 Å². The van der Waals surface area contributed by atoms with Gasteiger partial charge >= 0.3 is 0 Å². The maximum Gasteiger partial charge on any atom is 0.0616 e. The van der Waals surface area contributed by atoms with E-state index in [-0.39, 0.29) is 0 Å². The van der Waals surface area contributed by atoms with Gasteiger partial charge < -0.3 is 10.5 Å². The summed E-state index contributed by atoms with van der Waals surface area (Å²) in [4.78, 5) is 0. The zero-order valence-electron chi connectivity index (χ0n) is 10.5. The number of hydrogen-bond donors (Lipinski definition) is 1. The molecule has 0 aliphatic carbocycles. The van der Waals surface area contributed by atoms with Crippen molar-refractivity contribution in [2.24, 2.45) is 17.6 Å². The summed E-state index contributed by atoms with van der Waals surface area (Å²) in [6, 6.07) is 0.358. The highest BCUT2D eigenvalue weighted by molar-refractivity contribution is 4.83. The molecule has 1 aliphatic heterocycles. The summed E-state index contributed by atoms with van der Waals surface area (Å²) >= 11 is 0. The van der Waals surface area contributed by atoms with Crippen molar-refractivity contribution >= 4 is 0 Å². The van der Waals surface area contributed by atoms with Crippen LogP contribution in [0.15, 0.2) is 0 Å². The Morgan fingerprint density at radius 2 is 2.07 bits per heavy atom. The molecule has 0 aromatic heterocycles. The van der Waals surface area contributed by atoms with Crippen molar-refractivity contribution < 1.29 is 4.74 Å². The lowest BCUT2D eigenvalue weighted by Crippen LogP contribution is -2.35. The molecule has 0 aromatic carbocycles. The van der Waals surface area contributed by atoms with E-state index in [9.17, 15) is 0 Å². The van der Waals surface area contributed by atoms with Crippen molar-refractivity contribution in [2.45, 2.75) is 65.0 Å². The third-order valence-electron chi connectivity index (χ3n) is 3.53. The molecule has 0 amide bonds. The van der Waals surface area contributed by atoms with Gasteiger partial charge in [0, 0.05) is 18.6 Å². The zero-order chi connectivity index (χ0) is 11.3. The summed E-state index contributed by atoms with van der Waals surface area (Å²) < 4.78 is 5.68. The van der Waals surface area contributed by atoms with Gasteiger partial charge in [-0.15, -0.1) is 0 Å². The second-order valence-electron chi connectivity index (χ2n) is 5.26. The monoisotopic (exact) mass is 213 g/mol. The highest BCUT2D eigenvalue weighted by atomic mass is 16.5. The molecule has 3 unspecified atom stereocenters. The predicted molar refractivity (Wildman–Crippen MR) is 64.8 cm³/mol. The Hall–Kier alpha value is -0.0800. The molecule has 1 saturated heterocycles. The first-order valence-electron chi connectivity index (χ1n) is 6.52. The fourth-order valence-corrected chi connectivity index (χ4v) is 2.55. The fraction of sp³-hybridized carbons (Fsp3) is 1.00. The first-order valence-corrected chi connectivity index (χ1v) is 6.52. The molecule has 1 fully saturated rings. The minimum Gasteiger partial charge on any atom is -0.378 e. The average molecular weight is 213 g/mol. The van der Waals surface area contributed by atoms with E-state index in [4.69, 9.17) is 10.5 Å². The smallest absolute Gasteiger partial charge is 0.0616 e. The maximum absolute atomic E-state index is 6.25. The minimum atomic E-state index is 0.358. The first-order chi connectivity index (χ1) is 7.15. The molecule has 0 bridgehead atoms. The van der Waals surface area contributed by atoms with Gasteiger partial charge in [-0.3, -0.25) is 0 Å². The molecule has 15 heavy (non-hydrogen) atoms. The lowest BCUT2D eigenvalue weighted by atomic mass is 9.88. The maximum atomic E-state index is 6.25. The van der Waals surface area contributed by atoms with E-state index in [1.54, 1.807) is 0 Å². The molecule has 0 spiro atoms. The van der Waals surface area contributed by atoms with Crippen molar-refractivity contribution in [1.82, 2.24) is 0 Å². The molecule has 2 N–H and O–H groups in total. The van der Waals surface area contributed by atoms with Gasteiger partial charge in [-0.05, 0) is 25.2 Å². The number of nitrogens with two attached hydrogens (primary N) is 1. The third-order valence-corrected chi connectivity index (χ3v) is 3.53. The van der Waals surface area contributed by atoms with Crippen LogP contribution in [0.3, 0.4) is 0 Å². The molecule has 3 atom stereocenters. The molecule has 90 valence electrons. The SMILES string of the molecule is CCC1OCCC1C(N)CCCC(C)C. The Labute approximate surface area is 94.6 Å². The Morgan fingerprint density at radius 1 is 1.33 bits per heavy atom. The van der Waals surface area contributed by atoms with E-state index in [0.29, 0.717) is 18.1 Å². The summed E-state index contributed by atoms with van der Waals surface area (Å²) in [5.74, 6) is 1.42. The highest BCUT2D eigenvalue weighted by Gasteiger charge is 2.31. The lowest BCUT2D eigenvalue weighted by molar-refractivity contribution is 0.0802. The van der Waals surface area contributed by atoms with Crippen LogP contribution in [-0.2, 0) is 4.74 Å². The van der Waals surface area contributed by atoms with E-state index >= 15 is 0 Å². The van der Waals surface area contributed by atoms with Gasteiger partial charge in [0.05, 0.1) is 6.10 Å². The van der Waals surface area contributed by atoms with Crippen LogP contribution < -0.4 is 5.73 Å². The van der Waals surface area contributed by atoms with E-state index in [1.165, 1.54) is 25.7 Å². The standard InChI is InChI=1S/C13H27NO/c1-4-13-11(8-9-15-13)12(14)7-5-6-10(2)3/h10-13H,4-9,14H2,1-3H3. The molecule has 0 aromatic rings. The lowest BCUT2D eigenvalue weighted by Gasteiger charge is -2.23. The van der Waals surface area contributed by atoms with Gasteiger partial charge in [0.15, 0.2) is 0 Å². The van der Waals surface area contributed by atoms with Crippen molar-refractivity contribution in [3.8, 4) is 0 Å². The Bertz CT molecular complexity index is 170.